The van der Waals surface area contributed by atoms with Gasteiger partial charge >= 0.3 is 19.3 Å². The zero-order chi connectivity index (χ0) is 12.4. The summed E-state index contributed by atoms with van der Waals surface area (Å²) in [6.07, 6.45) is 0. The molecule has 0 bridgehead atoms. The lowest BCUT2D eigenvalue weighted by Crippen LogP contribution is -2.11. The predicted molar refractivity (Wildman–Crippen MR) is 80.6 cm³/mol. The van der Waals surface area contributed by atoms with E-state index in [1.807, 2.05) is 0 Å². The summed E-state index contributed by atoms with van der Waals surface area (Å²) in [6, 6.07) is 23.4. The molecule has 3 aromatic carbocycles. The van der Waals surface area contributed by atoms with E-state index in [0.29, 0.717) is 0 Å². The van der Waals surface area contributed by atoms with Crippen molar-refractivity contribution < 1.29 is 0 Å². The van der Waals surface area contributed by atoms with E-state index in [9.17, 15) is 0 Å². The molecule has 0 atom stereocenters. The summed E-state index contributed by atoms with van der Waals surface area (Å²) < 4.78 is 1.32. The van der Waals surface area contributed by atoms with Crippen LogP contribution in [0.25, 0.3) is 21.9 Å². The van der Waals surface area contributed by atoms with Gasteiger partial charge in [0.25, 0.3) is 0 Å². The van der Waals surface area contributed by atoms with Gasteiger partial charge < -0.3 is 9.07 Å². The standard InChI is InChI=1S/C16H11.ClH.Mg/c1-2-7-13(8-3-1)16-12-6-10-14-9-4-5-11-15(14)16;;/h1-7,9-12H;1H;/q;;+1/p-1. The maximum Gasteiger partial charge on any atom is 0.539 e. The summed E-state index contributed by atoms with van der Waals surface area (Å²) in [5, 5.41) is 2.58. The summed E-state index contributed by atoms with van der Waals surface area (Å²) in [7, 11) is 6.17. The predicted octanol–water partition coefficient (Wildman–Crippen LogP) is 3.99. The Bertz CT molecular complexity index is 686. The van der Waals surface area contributed by atoms with E-state index >= 15 is 0 Å². The van der Waals surface area contributed by atoms with Crippen LogP contribution in [0.4, 0.5) is 0 Å². The minimum atomic E-state index is -0.676. The number of fused-ring (bicyclic) bond motifs is 1. The van der Waals surface area contributed by atoms with E-state index in [4.69, 9.17) is 9.07 Å². The molecular formula is C16H11ClMg. The molecule has 0 aliphatic carbocycles. The van der Waals surface area contributed by atoms with Crippen molar-refractivity contribution in [2.75, 3.05) is 0 Å². The Morgan fingerprint density at radius 3 is 2.22 bits per heavy atom. The number of hydrogen-bond acceptors (Lipinski definition) is 0. The third kappa shape index (κ3) is 2.14. The van der Waals surface area contributed by atoms with Crippen LogP contribution < -0.4 is 3.69 Å². The molecule has 0 N–H and O–H groups in total. The first-order chi connectivity index (χ1) is 8.90. The largest absolute Gasteiger partial charge is 0.539 e. The van der Waals surface area contributed by atoms with Crippen LogP contribution >= 0.6 is 9.07 Å². The smallest absolute Gasteiger partial charge is 0.336 e. The van der Waals surface area contributed by atoms with Gasteiger partial charge in [0.2, 0.25) is 0 Å². The Balaban J connectivity index is 2.32. The highest BCUT2D eigenvalue weighted by atomic mass is 35.5. The minimum Gasteiger partial charge on any atom is -0.336 e. The summed E-state index contributed by atoms with van der Waals surface area (Å²) in [5.41, 5.74) is 2.58. The molecule has 18 heavy (non-hydrogen) atoms. The average Bonchev–Trinajstić information content (AvgIpc) is 2.46. The van der Waals surface area contributed by atoms with Crippen molar-refractivity contribution in [3.63, 3.8) is 0 Å². The first kappa shape index (κ1) is 12.0. The van der Waals surface area contributed by atoms with E-state index in [0.717, 1.165) is 0 Å². The maximum atomic E-state index is 6.17. The Labute approximate surface area is 120 Å². The average molecular weight is 263 g/mol. The Kier molecular flexibility index (Phi) is 3.55. The fraction of sp³-hybridized carbons (Fsp3) is 0. The molecule has 0 heterocycles. The van der Waals surface area contributed by atoms with E-state index in [1.54, 1.807) is 0 Å². The minimum absolute atomic E-state index is 0.676. The second kappa shape index (κ2) is 5.31. The molecule has 0 spiro atoms. The molecule has 2 heteroatoms. The summed E-state index contributed by atoms with van der Waals surface area (Å²) in [6.45, 7) is 0. The normalized spacial score (nSPS) is 10.3. The van der Waals surface area contributed by atoms with Crippen molar-refractivity contribution in [2.24, 2.45) is 0 Å². The van der Waals surface area contributed by atoms with Crippen molar-refractivity contribution in [2.45, 2.75) is 0 Å². The second-order valence-electron chi connectivity index (χ2n) is 4.32. The van der Waals surface area contributed by atoms with Crippen LogP contribution in [0, 0.1) is 0 Å². The van der Waals surface area contributed by atoms with Gasteiger partial charge in [-0.25, -0.2) is 0 Å². The van der Waals surface area contributed by atoms with Gasteiger partial charge in [0, 0.05) is 0 Å². The number of benzene rings is 3. The highest BCUT2D eigenvalue weighted by Crippen LogP contribution is 2.27. The summed E-state index contributed by atoms with van der Waals surface area (Å²) >= 11 is -0.676. The SMILES string of the molecule is [Cl][Mg][c]1ccccc1-c1cccc2ccccc12. The Morgan fingerprint density at radius 1 is 0.667 bits per heavy atom. The van der Waals surface area contributed by atoms with E-state index < -0.39 is 19.3 Å². The highest BCUT2D eigenvalue weighted by molar-refractivity contribution is 7.01. The van der Waals surface area contributed by atoms with Crippen LogP contribution in [0.3, 0.4) is 0 Å². The molecular weight excluding hydrogens is 252 g/mol. The van der Waals surface area contributed by atoms with Crippen LogP contribution in [-0.4, -0.2) is 19.3 Å². The second-order valence-corrected chi connectivity index (χ2v) is 6.15. The molecule has 0 saturated heterocycles. The molecule has 3 aromatic rings. The highest BCUT2D eigenvalue weighted by Gasteiger charge is 2.08. The lowest BCUT2D eigenvalue weighted by atomic mass is 9.98. The molecule has 0 unspecified atom stereocenters. The Morgan fingerprint density at radius 2 is 1.33 bits per heavy atom. The van der Waals surface area contributed by atoms with Crippen molar-refractivity contribution in [1.82, 2.24) is 0 Å². The van der Waals surface area contributed by atoms with Gasteiger partial charge in [-0.1, -0.05) is 66.7 Å². The van der Waals surface area contributed by atoms with Crippen LogP contribution in [0.2, 0.25) is 0 Å². The van der Waals surface area contributed by atoms with Gasteiger partial charge in [-0.3, -0.25) is 0 Å². The zero-order valence-electron chi connectivity index (χ0n) is 9.94. The molecule has 0 aromatic heterocycles. The molecule has 0 amide bonds. The van der Waals surface area contributed by atoms with E-state index in [-0.39, 0.29) is 0 Å². The van der Waals surface area contributed by atoms with Crippen molar-refractivity contribution in [1.29, 1.82) is 0 Å². The number of halogens is 1. The van der Waals surface area contributed by atoms with Crippen LogP contribution in [0.1, 0.15) is 0 Å². The van der Waals surface area contributed by atoms with E-state index in [1.165, 1.54) is 25.6 Å². The van der Waals surface area contributed by atoms with Gasteiger partial charge in [-0.15, -0.1) is 3.69 Å². The fourth-order valence-corrected chi connectivity index (χ4v) is 3.74. The first-order valence-electron chi connectivity index (χ1n) is 6.02. The molecule has 3 rings (SSSR count). The van der Waals surface area contributed by atoms with Gasteiger partial charge in [0.15, 0.2) is 0 Å². The lowest BCUT2D eigenvalue weighted by Gasteiger charge is -2.10. The number of rotatable bonds is 2. The van der Waals surface area contributed by atoms with Crippen LogP contribution in [-0.2, 0) is 0 Å². The monoisotopic (exact) mass is 262 g/mol. The van der Waals surface area contributed by atoms with Gasteiger partial charge in [-0.2, -0.15) is 0 Å². The van der Waals surface area contributed by atoms with Gasteiger partial charge in [-0.05, 0) is 21.9 Å². The van der Waals surface area contributed by atoms with Gasteiger partial charge in [0.1, 0.15) is 0 Å². The third-order valence-corrected chi connectivity index (χ3v) is 5.01. The van der Waals surface area contributed by atoms with Gasteiger partial charge in [0.05, 0.1) is 0 Å². The fourth-order valence-electron chi connectivity index (χ4n) is 2.36. The molecule has 0 fully saturated rings. The number of hydrogen-bond donors (Lipinski definition) is 0. The van der Waals surface area contributed by atoms with E-state index in [2.05, 4.69) is 66.7 Å². The molecule has 0 radical (unpaired) electrons. The summed E-state index contributed by atoms with van der Waals surface area (Å²) in [4.78, 5) is 0. The quantitative estimate of drug-likeness (QED) is 0.613. The third-order valence-electron chi connectivity index (χ3n) is 3.24. The molecule has 0 nitrogen and oxygen atoms in total. The molecule has 84 valence electrons. The lowest BCUT2D eigenvalue weighted by molar-refractivity contribution is 1.68. The van der Waals surface area contributed by atoms with Crippen molar-refractivity contribution >= 4 is 42.8 Å². The van der Waals surface area contributed by atoms with Crippen molar-refractivity contribution in [3.05, 3.63) is 66.7 Å². The maximum absolute atomic E-state index is 6.17. The molecule has 0 saturated carbocycles. The van der Waals surface area contributed by atoms with Crippen molar-refractivity contribution in [3.8, 4) is 11.1 Å². The Hall–Kier alpha value is -1.02. The van der Waals surface area contributed by atoms with Crippen LogP contribution in [0.5, 0.6) is 0 Å². The topological polar surface area (TPSA) is 0 Å². The molecule has 0 aliphatic heterocycles. The molecule has 0 aliphatic rings. The van der Waals surface area contributed by atoms with Crippen LogP contribution in [0.15, 0.2) is 66.7 Å². The zero-order valence-corrected chi connectivity index (χ0v) is 12.1. The first-order valence-corrected chi connectivity index (χ1v) is 8.86. The summed E-state index contributed by atoms with van der Waals surface area (Å²) in [5.74, 6) is 0.